The van der Waals surface area contributed by atoms with Crippen LogP contribution in [0.4, 0.5) is 0 Å². The van der Waals surface area contributed by atoms with Gasteiger partial charge in [-0.15, -0.1) is 0 Å². The highest BCUT2D eigenvalue weighted by Gasteiger charge is 2.22. The Bertz CT molecular complexity index is 990. The molecule has 0 saturated heterocycles. The van der Waals surface area contributed by atoms with E-state index in [9.17, 15) is 9.59 Å². The number of nitrogens with one attached hydrogen (secondary N) is 1. The minimum atomic E-state index is -0.394. The van der Waals surface area contributed by atoms with Crippen LogP contribution < -0.4 is 4.74 Å². The van der Waals surface area contributed by atoms with Gasteiger partial charge < -0.3 is 14.6 Å². The first-order valence-electron chi connectivity index (χ1n) is 8.78. The number of fused-ring (bicyclic) bond motifs is 3. The van der Waals surface area contributed by atoms with Gasteiger partial charge in [-0.2, -0.15) is 0 Å². The lowest BCUT2D eigenvalue weighted by molar-refractivity contribution is -0.131. The first-order valence-corrected chi connectivity index (χ1v) is 8.78. The van der Waals surface area contributed by atoms with Crippen LogP contribution in [-0.4, -0.2) is 34.8 Å². The average Bonchev–Trinajstić information content (AvgIpc) is 2.85. The van der Waals surface area contributed by atoms with Gasteiger partial charge in [0.1, 0.15) is 5.75 Å². The van der Waals surface area contributed by atoms with Crippen molar-refractivity contribution >= 4 is 22.8 Å². The molecule has 0 aliphatic carbocycles. The van der Waals surface area contributed by atoms with Gasteiger partial charge in [0.25, 0.3) is 5.91 Å². The standard InChI is InChI=1S/C21H20N2O3/c1-14(24)26-16-6-4-5-15(13-16)21(25)23-11-9-18-17-7-2-3-8-19(17)22-20(18)10-12-23/h2-8,13,22H,9-12H2,1H3. The maximum Gasteiger partial charge on any atom is 0.308 e. The van der Waals surface area contributed by atoms with Crippen LogP contribution in [0.15, 0.2) is 48.5 Å². The second kappa shape index (κ2) is 6.67. The molecule has 0 spiro atoms. The van der Waals surface area contributed by atoms with E-state index in [2.05, 4.69) is 17.1 Å². The van der Waals surface area contributed by atoms with Gasteiger partial charge in [-0.1, -0.05) is 24.3 Å². The molecule has 0 unspecified atom stereocenters. The Morgan fingerprint density at radius 1 is 1.04 bits per heavy atom. The molecule has 1 aliphatic rings. The van der Waals surface area contributed by atoms with Gasteiger partial charge in [-0.25, -0.2) is 0 Å². The lowest BCUT2D eigenvalue weighted by atomic mass is 10.1. The topological polar surface area (TPSA) is 62.4 Å². The van der Waals surface area contributed by atoms with Crippen LogP contribution in [0.1, 0.15) is 28.5 Å². The Labute approximate surface area is 151 Å². The van der Waals surface area contributed by atoms with E-state index in [4.69, 9.17) is 4.74 Å². The fourth-order valence-electron chi connectivity index (χ4n) is 3.60. The van der Waals surface area contributed by atoms with Gasteiger partial charge in [-0.3, -0.25) is 9.59 Å². The average molecular weight is 348 g/mol. The maximum absolute atomic E-state index is 12.9. The van der Waals surface area contributed by atoms with Crippen LogP contribution in [0.3, 0.4) is 0 Å². The van der Waals surface area contributed by atoms with Crippen LogP contribution in [0.25, 0.3) is 10.9 Å². The lowest BCUT2D eigenvalue weighted by Gasteiger charge is -2.20. The number of aromatic amines is 1. The summed E-state index contributed by atoms with van der Waals surface area (Å²) in [5.41, 5.74) is 4.23. The number of esters is 1. The number of amides is 1. The van der Waals surface area contributed by atoms with E-state index in [0.29, 0.717) is 24.4 Å². The molecule has 4 rings (SSSR count). The minimum Gasteiger partial charge on any atom is -0.427 e. The molecule has 1 amide bonds. The minimum absolute atomic E-state index is 0.0338. The van der Waals surface area contributed by atoms with Crippen molar-refractivity contribution in [3.05, 3.63) is 65.4 Å². The number of para-hydroxylation sites is 1. The molecular formula is C21H20N2O3. The van der Waals surface area contributed by atoms with Gasteiger partial charge in [0.05, 0.1) is 0 Å². The predicted octanol–water partition coefficient (Wildman–Crippen LogP) is 3.33. The van der Waals surface area contributed by atoms with Crippen LogP contribution in [0.2, 0.25) is 0 Å². The summed E-state index contributed by atoms with van der Waals surface area (Å²) in [5, 5.41) is 1.24. The van der Waals surface area contributed by atoms with Crippen molar-refractivity contribution in [2.45, 2.75) is 19.8 Å². The lowest BCUT2D eigenvalue weighted by Crippen LogP contribution is -2.33. The molecule has 1 aromatic heterocycles. The molecule has 1 aliphatic heterocycles. The number of nitrogens with zero attached hydrogens (tertiary/aromatic N) is 1. The third-order valence-corrected chi connectivity index (χ3v) is 4.80. The summed E-state index contributed by atoms with van der Waals surface area (Å²) in [6.45, 7) is 2.68. The number of rotatable bonds is 2. The van der Waals surface area contributed by atoms with E-state index in [0.717, 1.165) is 18.4 Å². The Hall–Kier alpha value is -3.08. The zero-order chi connectivity index (χ0) is 18.1. The number of H-pyrrole nitrogens is 1. The van der Waals surface area contributed by atoms with Gasteiger partial charge in [0.2, 0.25) is 0 Å². The summed E-state index contributed by atoms with van der Waals surface area (Å²) in [6, 6.07) is 15.1. The number of hydrogen-bond acceptors (Lipinski definition) is 3. The Morgan fingerprint density at radius 3 is 2.69 bits per heavy atom. The van der Waals surface area contributed by atoms with E-state index in [-0.39, 0.29) is 5.91 Å². The smallest absolute Gasteiger partial charge is 0.308 e. The van der Waals surface area contributed by atoms with Crippen molar-refractivity contribution in [3.8, 4) is 5.75 Å². The number of carbonyl (C=O) groups excluding carboxylic acids is 2. The molecule has 26 heavy (non-hydrogen) atoms. The zero-order valence-corrected chi connectivity index (χ0v) is 14.6. The molecule has 0 radical (unpaired) electrons. The van der Waals surface area contributed by atoms with Gasteiger partial charge in [-0.05, 0) is 36.2 Å². The zero-order valence-electron chi connectivity index (χ0n) is 14.6. The van der Waals surface area contributed by atoms with Gasteiger partial charge >= 0.3 is 5.97 Å². The third-order valence-electron chi connectivity index (χ3n) is 4.80. The van der Waals surface area contributed by atoms with E-state index in [1.165, 1.54) is 23.6 Å². The highest BCUT2D eigenvalue weighted by atomic mass is 16.5. The fraction of sp³-hybridized carbons (Fsp3) is 0.238. The highest BCUT2D eigenvalue weighted by molar-refractivity contribution is 5.95. The van der Waals surface area contributed by atoms with Gasteiger partial charge in [0, 0.05) is 48.6 Å². The van der Waals surface area contributed by atoms with Crippen LogP contribution in [0.5, 0.6) is 5.75 Å². The van der Waals surface area contributed by atoms with Crippen molar-refractivity contribution < 1.29 is 14.3 Å². The summed E-state index contributed by atoms with van der Waals surface area (Å²) < 4.78 is 5.09. The molecule has 1 N–H and O–H groups in total. The molecule has 0 saturated carbocycles. The summed E-state index contributed by atoms with van der Waals surface area (Å²) in [6.07, 6.45) is 1.63. The van der Waals surface area contributed by atoms with Crippen molar-refractivity contribution in [2.75, 3.05) is 13.1 Å². The van der Waals surface area contributed by atoms with Crippen LogP contribution >= 0.6 is 0 Å². The van der Waals surface area contributed by atoms with E-state index in [1.807, 2.05) is 17.0 Å². The molecular weight excluding hydrogens is 328 g/mol. The molecule has 132 valence electrons. The van der Waals surface area contributed by atoms with E-state index < -0.39 is 5.97 Å². The van der Waals surface area contributed by atoms with E-state index in [1.54, 1.807) is 24.3 Å². The van der Waals surface area contributed by atoms with Crippen LogP contribution in [-0.2, 0) is 17.6 Å². The Balaban J connectivity index is 1.54. The molecule has 3 aromatic rings. The summed E-state index contributed by atoms with van der Waals surface area (Å²) in [7, 11) is 0. The monoisotopic (exact) mass is 348 g/mol. The number of carbonyl (C=O) groups is 2. The largest absolute Gasteiger partial charge is 0.427 e. The molecule has 2 aromatic carbocycles. The van der Waals surface area contributed by atoms with Crippen molar-refractivity contribution in [2.24, 2.45) is 0 Å². The van der Waals surface area contributed by atoms with Crippen molar-refractivity contribution in [1.29, 1.82) is 0 Å². The van der Waals surface area contributed by atoms with E-state index >= 15 is 0 Å². The molecule has 0 fully saturated rings. The first-order chi connectivity index (χ1) is 12.6. The quantitative estimate of drug-likeness (QED) is 0.571. The maximum atomic E-state index is 12.9. The number of aromatic nitrogens is 1. The number of hydrogen-bond donors (Lipinski definition) is 1. The third kappa shape index (κ3) is 3.08. The summed E-state index contributed by atoms with van der Waals surface area (Å²) >= 11 is 0. The molecule has 0 atom stereocenters. The molecule has 5 nitrogen and oxygen atoms in total. The molecule has 5 heteroatoms. The predicted molar refractivity (Wildman–Crippen MR) is 99.4 cm³/mol. The van der Waals surface area contributed by atoms with Crippen LogP contribution in [0, 0.1) is 0 Å². The van der Waals surface area contributed by atoms with Crippen molar-refractivity contribution in [3.63, 3.8) is 0 Å². The normalized spacial score (nSPS) is 14.0. The summed E-state index contributed by atoms with van der Waals surface area (Å²) in [5.74, 6) is -0.0300. The SMILES string of the molecule is CC(=O)Oc1cccc(C(=O)N2CCc3[nH]c4ccccc4c3CC2)c1. The van der Waals surface area contributed by atoms with Gasteiger partial charge in [0.15, 0.2) is 0 Å². The molecule has 0 bridgehead atoms. The second-order valence-corrected chi connectivity index (χ2v) is 6.54. The Kier molecular flexibility index (Phi) is 4.21. The summed E-state index contributed by atoms with van der Waals surface area (Å²) in [4.78, 5) is 29.4. The number of ether oxygens (including phenoxy) is 1. The Morgan fingerprint density at radius 2 is 1.85 bits per heavy atom. The molecule has 2 heterocycles. The fourth-order valence-corrected chi connectivity index (χ4v) is 3.60. The first kappa shape index (κ1) is 16.4. The highest BCUT2D eigenvalue weighted by Crippen LogP contribution is 2.26. The van der Waals surface area contributed by atoms with Crippen molar-refractivity contribution in [1.82, 2.24) is 9.88 Å². The second-order valence-electron chi connectivity index (χ2n) is 6.54. The number of benzene rings is 2.